The van der Waals surface area contributed by atoms with E-state index in [-0.39, 0.29) is 5.91 Å². The van der Waals surface area contributed by atoms with E-state index in [0.29, 0.717) is 19.1 Å². The number of rotatable bonds is 9. The minimum atomic E-state index is 0.162. The Bertz CT molecular complexity index is 439. The maximum atomic E-state index is 11.8. The fourth-order valence-electron chi connectivity index (χ4n) is 2.23. The first-order chi connectivity index (χ1) is 10.1. The molecule has 1 aromatic carbocycles. The number of carbonyl (C=O) groups excluding carboxylic acids is 1. The number of carbonyl (C=O) groups is 1. The molecular weight excluding hydrogens is 262 g/mol. The highest BCUT2D eigenvalue weighted by atomic mass is 16.5. The number of amides is 1. The second-order valence-electron chi connectivity index (χ2n) is 5.66. The zero-order valence-corrected chi connectivity index (χ0v) is 13.9. The maximum absolute atomic E-state index is 11.8. The third-order valence-electron chi connectivity index (χ3n) is 3.75. The highest BCUT2D eigenvalue weighted by Gasteiger charge is 2.07. The third kappa shape index (κ3) is 6.65. The lowest BCUT2D eigenvalue weighted by Crippen LogP contribution is -2.33. The van der Waals surface area contributed by atoms with Crippen molar-refractivity contribution < 1.29 is 9.53 Å². The van der Waals surface area contributed by atoms with Crippen molar-refractivity contribution in [3.8, 4) is 5.75 Å². The molecule has 0 fully saturated rings. The summed E-state index contributed by atoms with van der Waals surface area (Å²) < 4.78 is 5.79. The topological polar surface area (TPSA) is 38.3 Å². The van der Waals surface area contributed by atoms with Crippen LogP contribution in [-0.2, 0) is 4.79 Å². The molecule has 1 amide bonds. The average Bonchev–Trinajstić information content (AvgIpc) is 2.47. The Balaban J connectivity index is 2.20. The number of hydrogen-bond acceptors (Lipinski definition) is 2. The van der Waals surface area contributed by atoms with Crippen LogP contribution < -0.4 is 10.1 Å². The molecule has 0 aliphatic heterocycles. The average molecular weight is 291 g/mol. The molecule has 3 nitrogen and oxygen atoms in total. The van der Waals surface area contributed by atoms with Gasteiger partial charge >= 0.3 is 0 Å². The largest absolute Gasteiger partial charge is 0.493 e. The van der Waals surface area contributed by atoms with Gasteiger partial charge in [0.05, 0.1) is 6.61 Å². The lowest BCUT2D eigenvalue weighted by atomic mass is 10.1. The molecule has 0 bridgehead atoms. The first-order valence-corrected chi connectivity index (χ1v) is 8.06. The molecule has 0 atom stereocenters. The number of hydrogen-bond donors (Lipinski definition) is 1. The summed E-state index contributed by atoms with van der Waals surface area (Å²) in [7, 11) is 0. The standard InChI is InChI=1S/C18H29NO2/c1-5-16(6-2)19-18(20)9-7-8-12-21-17-13-14(3)10-11-15(17)4/h10-11,13,16H,5-9,12H2,1-4H3,(H,19,20). The summed E-state index contributed by atoms with van der Waals surface area (Å²) in [5.41, 5.74) is 2.37. The molecule has 0 saturated heterocycles. The van der Waals surface area contributed by atoms with Gasteiger partial charge in [-0.3, -0.25) is 4.79 Å². The first kappa shape index (κ1) is 17.5. The first-order valence-electron chi connectivity index (χ1n) is 8.06. The van der Waals surface area contributed by atoms with E-state index in [4.69, 9.17) is 4.74 Å². The van der Waals surface area contributed by atoms with Crippen molar-refractivity contribution in [2.75, 3.05) is 6.61 Å². The zero-order valence-electron chi connectivity index (χ0n) is 13.9. The zero-order chi connectivity index (χ0) is 15.7. The van der Waals surface area contributed by atoms with Gasteiger partial charge in [-0.05, 0) is 56.7 Å². The fourth-order valence-corrected chi connectivity index (χ4v) is 2.23. The van der Waals surface area contributed by atoms with Gasteiger partial charge in [0.15, 0.2) is 0 Å². The molecule has 0 spiro atoms. The summed E-state index contributed by atoms with van der Waals surface area (Å²) in [6.45, 7) is 8.99. The van der Waals surface area contributed by atoms with Gasteiger partial charge in [0, 0.05) is 12.5 Å². The van der Waals surface area contributed by atoms with Crippen LogP contribution in [-0.4, -0.2) is 18.6 Å². The van der Waals surface area contributed by atoms with E-state index in [1.54, 1.807) is 0 Å². The second-order valence-corrected chi connectivity index (χ2v) is 5.66. The minimum Gasteiger partial charge on any atom is -0.493 e. The van der Waals surface area contributed by atoms with Crippen LogP contribution in [0.1, 0.15) is 57.1 Å². The Morgan fingerprint density at radius 1 is 1.19 bits per heavy atom. The van der Waals surface area contributed by atoms with Crippen molar-refractivity contribution in [3.05, 3.63) is 29.3 Å². The predicted molar refractivity (Wildman–Crippen MR) is 87.8 cm³/mol. The van der Waals surface area contributed by atoms with Crippen LogP contribution in [0.4, 0.5) is 0 Å². The molecule has 1 aromatic rings. The van der Waals surface area contributed by atoms with Crippen molar-refractivity contribution >= 4 is 5.91 Å². The van der Waals surface area contributed by atoms with Gasteiger partial charge in [0.1, 0.15) is 5.75 Å². The number of benzene rings is 1. The van der Waals surface area contributed by atoms with Crippen LogP contribution in [0.3, 0.4) is 0 Å². The van der Waals surface area contributed by atoms with Gasteiger partial charge in [-0.2, -0.15) is 0 Å². The third-order valence-corrected chi connectivity index (χ3v) is 3.75. The number of unbranched alkanes of at least 4 members (excludes halogenated alkanes) is 1. The molecule has 0 heterocycles. The van der Waals surface area contributed by atoms with Gasteiger partial charge in [-0.25, -0.2) is 0 Å². The van der Waals surface area contributed by atoms with Crippen LogP contribution in [0.15, 0.2) is 18.2 Å². The fraction of sp³-hybridized carbons (Fsp3) is 0.611. The molecule has 0 unspecified atom stereocenters. The second kappa shape index (κ2) is 9.43. The quantitative estimate of drug-likeness (QED) is 0.694. The van der Waals surface area contributed by atoms with E-state index in [1.165, 1.54) is 5.56 Å². The van der Waals surface area contributed by atoms with Gasteiger partial charge in [0.2, 0.25) is 5.91 Å². The van der Waals surface area contributed by atoms with Crippen molar-refractivity contribution in [2.45, 2.75) is 65.8 Å². The van der Waals surface area contributed by atoms with Crippen molar-refractivity contribution in [1.82, 2.24) is 5.32 Å². The van der Waals surface area contributed by atoms with Crippen molar-refractivity contribution in [2.24, 2.45) is 0 Å². The summed E-state index contributed by atoms with van der Waals surface area (Å²) >= 11 is 0. The van der Waals surface area contributed by atoms with Crippen LogP contribution in [0, 0.1) is 13.8 Å². The number of aryl methyl sites for hydroxylation is 2. The highest BCUT2D eigenvalue weighted by Crippen LogP contribution is 2.19. The smallest absolute Gasteiger partial charge is 0.220 e. The molecule has 0 saturated carbocycles. The molecule has 1 rings (SSSR count). The van der Waals surface area contributed by atoms with Crippen LogP contribution in [0.2, 0.25) is 0 Å². The Hall–Kier alpha value is -1.51. The minimum absolute atomic E-state index is 0.162. The highest BCUT2D eigenvalue weighted by molar-refractivity contribution is 5.76. The number of nitrogens with one attached hydrogen (secondary N) is 1. The van der Waals surface area contributed by atoms with Crippen LogP contribution >= 0.6 is 0 Å². The predicted octanol–water partition coefficient (Wildman–Crippen LogP) is 4.16. The summed E-state index contributed by atoms with van der Waals surface area (Å²) in [4.78, 5) is 11.8. The molecule has 118 valence electrons. The lowest BCUT2D eigenvalue weighted by Gasteiger charge is -2.14. The monoisotopic (exact) mass is 291 g/mol. The SMILES string of the molecule is CCC(CC)NC(=O)CCCCOc1cc(C)ccc1C. The molecule has 3 heteroatoms. The lowest BCUT2D eigenvalue weighted by molar-refractivity contribution is -0.122. The maximum Gasteiger partial charge on any atom is 0.220 e. The molecule has 21 heavy (non-hydrogen) atoms. The Labute approximate surface area is 129 Å². The molecule has 0 aliphatic rings. The van der Waals surface area contributed by atoms with Crippen LogP contribution in [0.25, 0.3) is 0 Å². The van der Waals surface area contributed by atoms with E-state index in [0.717, 1.165) is 37.0 Å². The van der Waals surface area contributed by atoms with Gasteiger partial charge < -0.3 is 10.1 Å². The summed E-state index contributed by atoms with van der Waals surface area (Å²) in [5, 5.41) is 3.06. The van der Waals surface area contributed by atoms with Gasteiger partial charge in [0.25, 0.3) is 0 Å². The Kier molecular flexibility index (Phi) is 7.88. The van der Waals surface area contributed by atoms with Crippen molar-refractivity contribution in [3.63, 3.8) is 0 Å². The molecule has 1 N–H and O–H groups in total. The van der Waals surface area contributed by atoms with E-state index < -0.39 is 0 Å². The summed E-state index contributed by atoms with van der Waals surface area (Å²) in [5.74, 6) is 1.12. The molecular formula is C18H29NO2. The van der Waals surface area contributed by atoms with E-state index in [1.807, 2.05) is 0 Å². The van der Waals surface area contributed by atoms with E-state index in [9.17, 15) is 4.79 Å². The van der Waals surface area contributed by atoms with E-state index >= 15 is 0 Å². The van der Waals surface area contributed by atoms with Crippen LogP contribution in [0.5, 0.6) is 5.75 Å². The number of ether oxygens (including phenoxy) is 1. The summed E-state index contributed by atoms with van der Waals surface area (Å²) in [6, 6.07) is 6.55. The van der Waals surface area contributed by atoms with Gasteiger partial charge in [-0.1, -0.05) is 26.0 Å². The summed E-state index contributed by atoms with van der Waals surface area (Å²) in [6.07, 6.45) is 4.36. The van der Waals surface area contributed by atoms with E-state index in [2.05, 4.69) is 51.2 Å². The molecule has 0 aliphatic carbocycles. The van der Waals surface area contributed by atoms with Gasteiger partial charge in [-0.15, -0.1) is 0 Å². The Morgan fingerprint density at radius 3 is 2.57 bits per heavy atom. The molecule has 0 aromatic heterocycles. The normalized spacial score (nSPS) is 10.7. The van der Waals surface area contributed by atoms with Crippen molar-refractivity contribution in [1.29, 1.82) is 0 Å². The Morgan fingerprint density at radius 2 is 1.90 bits per heavy atom. The molecule has 0 radical (unpaired) electrons.